The van der Waals surface area contributed by atoms with Crippen molar-refractivity contribution in [2.24, 2.45) is 0 Å². The Morgan fingerprint density at radius 2 is 1.22 bits per heavy atom. The molecule has 0 saturated carbocycles. The van der Waals surface area contributed by atoms with Crippen LogP contribution in [0.1, 0.15) is 28.6 Å². The minimum atomic E-state index is -0.0151. The van der Waals surface area contributed by atoms with Gasteiger partial charge in [0.1, 0.15) is 17.0 Å². The average molecular weight is 710 g/mol. The van der Waals surface area contributed by atoms with Gasteiger partial charge in [-0.1, -0.05) is 133 Å². The van der Waals surface area contributed by atoms with Gasteiger partial charge in [-0.05, 0) is 86.8 Å². The Balaban J connectivity index is 1.15. The van der Waals surface area contributed by atoms with Crippen molar-refractivity contribution in [1.82, 2.24) is 15.0 Å². The molecular weight excluding hydrogens is 679 g/mol. The van der Waals surface area contributed by atoms with Gasteiger partial charge in [0.25, 0.3) is 0 Å². The molecule has 0 N–H and O–H groups in total. The van der Waals surface area contributed by atoms with E-state index in [2.05, 4.69) is 158 Å². The van der Waals surface area contributed by atoms with Crippen LogP contribution in [-0.4, -0.2) is 15.0 Å². The van der Waals surface area contributed by atoms with Crippen molar-refractivity contribution < 1.29 is 4.42 Å². The maximum absolute atomic E-state index is 6.61. The Kier molecular flexibility index (Phi) is 7.13. The second-order valence-electron chi connectivity index (χ2n) is 13.9. The number of aromatic nitrogens is 3. The summed E-state index contributed by atoms with van der Waals surface area (Å²) in [5.41, 5.74) is 9.39. The second kappa shape index (κ2) is 12.5. The number of rotatable bonds is 5. The molecule has 0 spiro atoms. The lowest BCUT2D eigenvalue weighted by molar-refractivity contribution is 0.669. The summed E-state index contributed by atoms with van der Waals surface area (Å²) in [5.74, 6) is 2.06. The van der Waals surface area contributed by atoms with E-state index in [0.29, 0.717) is 11.6 Å². The highest BCUT2D eigenvalue weighted by molar-refractivity contribution is 7.20. The van der Waals surface area contributed by atoms with Crippen LogP contribution < -0.4 is 0 Å². The minimum Gasteiger partial charge on any atom is -0.456 e. The number of hydrogen-bond acceptors (Lipinski definition) is 5. The van der Waals surface area contributed by atoms with Gasteiger partial charge in [0.2, 0.25) is 0 Å². The van der Waals surface area contributed by atoms with E-state index in [1.807, 2.05) is 23.5 Å². The Labute approximate surface area is 315 Å². The molecule has 5 heteroatoms. The molecule has 0 radical (unpaired) electrons. The van der Waals surface area contributed by atoms with Crippen LogP contribution >= 0.6 is 11.3 Å². The van der Waals surface area contributed by atoms with Crippen molar-refractivity contribution in [3.8, 4) is 45.0 Å². The van der Waals surface area contributed by atoms with Crippen LogP contribution in [0.2, 0.25) is 0 Å². The van der Waals surface area contributed by atoms with Crippen molar-refractivity contribution in [1.29, 1.82) is 0 Å². The van der Waals surface area contributed by atoms with Gasteiger partial charge in [-0.25, -0.2) is 15.0 Å². The molecule has 11 rings (SSSR count). The average Bonchev–Trinajstić information content (AvgIpc) is 3.82. The van der Waals surface area contributed by atoms with E-state index in [9.17, 15) is 0 Å². The molecule has 0 aliphatic heterocycles. The number of fused-ring (bicyclic) bond motifs is 7. The number of hydrogen-bond donors (Lipinski definition) is 0. The highest BCUT2D eigenvalue weighted by atomic mass is 32.1. The van der Waals surface area contributed by atoms with Crippen LogP contribution in [-0.2, 0) is 0 Å². The monoisotopic (exact) mass is 709 g/mol. The van der Waals surface area contributed by atoms with E-state index >= 15 is 0 Å². The first-order chi connectivity index (χ1) is 26.7. The smallest absolute Gasteiger partial charge is 0.164 e. The van der Waals surface area contributed by atoms with Crippen LogP contribution in [0.15, 0.2) is 168 Å². The van der Waals surface area contributed by atoms with Gasteiger partial charge in [-0.3, -0.25) is 0 Å². The first-order valence-corrected chi connectivity index (χ1v) is 19.1. The summed E-state index contributed by atoms with van der Waals surface area (Å²) in [7, 11) is 0. The predicted octanol–water partition coefficient (Wildman–Crippen LogP) is 13.4. The molecule has 7 aromatic carbocycles. The third-order valence-corrected chi connectivity index (χ3v) is 11.8. The summed E-state index contributed by atoms with van der Waals surface area (Å²) in [6.45, 7) is 0. The molecule has 254 valence electrons. The molecule has 4 nitrogen and oxygen atoms in total. The van der Waals surface area contributed by atoms with Crippen molar-refractivity contribution in [3.63, 3.8) is 0 Å². The fourth-order valence-corrected chi connectivity index (χ4v) is 9.35. The highest BCUT2D eigenvalue weighted by Crippen LogP contribution is 2.45. The second-order valence-corrected chi connectivity index (χ2v) is 15.0. The van der Waals surface area contributed by atoms with Crippen molar-refractivity contribution in [2.75, 3.05) is 0 Å². The Bertz CT molecular complexity index is 3100. The zero-order valence-corrected chi connectivity index (χ0v) is 29.9. The largest absolute Gasteiger partial charge is 0.456 e. The third kappa shape index (κ3) is 5.08. The van der Waals surface area contributed by atoms with E-state index in [4.69, 9.17) is 19.4 Å². The summed E-state index contributed by atoms with van der Waals surface area (Å²) in [6.07, 6.45) is 5.34. The summed E-state index contributed by atoms with van der Waals surface area (Å²) in [4.78, 5) is 17.3. The number of thiophene rings is 1. The molecule has 0 amide bonds. The Morgan fingerprint density at radius 3 is 2.11 bits per heavy atom. The SMILES string of the molecule is C1=Cc2sc3ccccc3c2C(c2nc(-c3ccc4ccccc4c3)nc(-c3cccc4oc5cccc(-c6cccc(-c7ccccc7)c6)c5c34)n2)C1. The molecule has 1 aliphatic carbocycles. The van der Waals surface area contributed by atoms with Gasteiger partial charge in [-0.2, -0.15) is 0 Å². The molecule has 3 aromatic heterocycles. The van der Waals surface area contributed by atoms with Crippen LogP contribution in [0.4, 0.5) is 0 Å². The van der Waals surface area contributed by atoms with E-state index in [-0.39, 0.29) is 5.92 Å². The van der Waals surface area contributed by atoms with Gasteiger partial charge in [0, 0.05) is 37.4 Å². The van der Waals surface area contributed by atoms with Crippen LogP contribution in [0.25, 0.3) is 93.9 Å². The molecule has 0 saturated heterocycles. The molecule has 0 fully saturated rings. The standard InChI is InChI=1S/C49H31N3OS/c1-2-12-30(13-3-1)33-16-8-17-34(28-33)36-19-9-22-40-45(36)46-39(20-10-23-41(46)53-40)49-51-47(35-27-26-31-14-4-5-15-32(31)29-35)50-48(52-49)38-21-11-25-43-44(38)37-18-6-7-24-42(37)54-43/h1-20,22-29,38H,21H2. The van der Waals surface area contributed by atoms with Crippen molar-refractivity contribution >= 4 is 60.2 Å². The lowest BCUT2D eigenvalue weighted by atomic mass is 9.88. The molecule has 1 aliphatic rings. The first-order valence-electron chi connectivity index (χ1n) is 18.3. The molecule has 54 heavy (non-hydrogen) atoms. The van der Waals surface area contributed by atoms with E-state index < -0.39 is 0 Å². The Morgan fingerprint density at radius 1 is 0.519 bits per heavy atom. The minimum absolute atomic E-state index is 0.0151. The summed E-state index contributed by atoms with van der Waals surface area (Å²) >= 11 is 1.83. The molecule has 3 heterocycles. The number of furan rings is 1. The fraction of sp³-hybridized carbons (Fsp3) is 0.0408. The van der Waals surface area contributed by atoms with E-state index in [1.165, 1.54) is 37.0 Å². The quantitative estimate of drug-likeness (QED) is 0.178. The van der Waals surface area contributed by atoms with Gasteiger partial charge in [0.15, 0.2) is 11.6 Å². The van der Waals surface area contributed by atoms with E-state index in [1.54, 1.807) is 0 Å². The van der Waals surface area contributed by atoms with Gasteiger partial charge in [0.05, 0.1) is 0 Å². The molecular formula is C49H31N3OS. The van der Waals surface area contributed by atoms with Crippen molar-refractivity contribution in [3.05, 3.63) is 180 Å². The Hall–Kier alpha value is -6.69. The summed E-state index contributed by atoms with van der Waals surface area (Å²) in [6, 6.07) is 55.4. The zero-order valence-electron chi connectivity index (χ0n) is 29.1. The summed E-state index contributed by atoms with van der Waals surface area (Å²) < 4.78 is 7.89. The lowest BCUT2D eigenvalue weighted by Gasteiger charge is -2.20. The third-order valence-electron chi connectivity index (χ3n) is 10.7. The van der Waals surface area contributed by atoms with Crippen molar-refractivity contribution in [2.45, 2.75) is 12.3 Å². The molecule has 1 unspecified atom stereocenters. The number of benzene rings is 7. The number of allylic oxidation sites excluding steroid dienone is 1. The van der Waals surface area contributed by atoms with Gasteiger partial charge in [-0.15, -0.1) is 11.3 Å². The summed E-state index contributed by atoms with van der Waals surface area (Å²) in [5, 5.41) is 5.65. The van der Waals surface area contributed by atoms with Gasteiger partial charge >= 0.3 is 0 Å². The van der Waals surface area contributed by atoms with Crippen LogP contribution in [0.5, 0.6) is 0 Å². The predicted molar refractivity (Wildman–Crippen MR) is 224 cm³/mol. The van der Waals surface area contributed by atoms with Crippen LogP contribution in [0, 0.1) is 0 Å². The first kappa shape index (κ1) is 30.9. The van der Waals surface area contributed by atoms with Gasteiger partial charge < -0.3 is 4.42 Å². The zero-order chi connectivity index (χ0) is 35.6. The fourth-order valence-electron chi connectivity index (χ4n) is 8.15. The normalized spacial score (nSPS) is 14.0. The molecule has 1 atom stereocenters. The maximum atomic E-state index is 6.61. The lowest BCUT2D eigenvalue weighted by Crippen LogP contribution is -2.11. The topological polar surface area (TPSA) is 51.8 Å². The van der Waals surface area contributed by atoms with Crippen LogP contribution in [0.3, 0.4) is 0 Å². The highest BCUT2D eigenvalue weighted by Gasteiger charge is 2.28. The molecule has 0 bridgehead atoms. The maximum Gasteiger partial charge on any atom is 0.164 e. The number of nitrogens with zero attached hydrogens (tertiary/aromatic N) is 3. The van der Waals surface area contributed by atoms with E-state index in [0.717, 1.165) is 61.8 Å². The molecule has 10 aromatic rings.